The third-order valence-electron chi connectivity index (χ3n) is 2.91. The zero-order valence-corrected chi connectivity index (χ0v) is 10.6. The summed E-state index contributed by atoms with van der Waals surface area (Å²) in [5.74, 6) is 0. The lowest BCUT2D eigenvalue weighted by Crippen LogP contribution is -2.05. The first-order valence-electron chi connectivity index (χ1n) is 5.81. The van der Waals surface area contributed by atoms with Crippen molar-refractivity contribution in [2.75, 3.05) is 18.9 Å². The van der Waals surface area contributed by atoms with Crippen LogP contribution >= 0.6 is 11.3 Å². The molecule has 0 radical (unpaired) electrons. The van der Waals surface area contributed by atoms with Crippen molar-refractivity contribution in [3.05, 3.63) is 29.3 Å². The van der Waals surface area contributed by atoms with Gasteiger partial charge in [-0.1, -0.05) is 0 Å². The maximum Gasteiger partial charge on any atom is 0.180 e. The van der Waals surface area contributed by atoms with Crippen LogP contribution < -0.4 is 5.73 Å². The van der Waals surface area contributed by atoms with E-state index < -0.39 is 0 Å². The summed E-state index contributed by atoms with van der Waals surface area (Å²) in [7, 11) is 0. The number of thiazole rings is 1. The Labute approximate surface area is 109 Å². The predicted octanol–water partition coefficient (Wildman–Crippen LogP) is 2.05. The number of aromatic nitrogens is 3. The summed E-state index contributed by atoms with van der Waals surface area (Å²) >= 11 is 1.44. The first-order chi connectivity index (χ1) is 8.81. The maximum atomic E-state index is 5.57. The molecular weight excluding hydrogens is 248 g/mol. The molecule has 2 aromatic rings. The van der Waals surface area contributed by atoms with Crippen LogP contribution in [0.25, 0.3) is 12.2 Å². The number of nitrogens with two attached hydrogens (primary N) is 1. The topological polar surface area (TPSA) is 66.0 Å². The highest BCUT2D eigenvalue weighted by Gasteiger charge is 2.16. The minimum atomic E-state index is 0.426. The molecular formula is C12H14N4OS. The summed E-state index contributed by atoms with van der Waals surface area (Å²) in [4.78, 5) is 8.51. The Morgan fingerprint density at radius 3 is 3.06 bits per heavy atom. The molecule has 1 aliphatic heterocycles. The van der Waals surface area contributed by atoms with E-state index in [1.165, 1.54) is 11.3 Å². The molecule has 1 atom stereocenters. The van der Waals surface area contributed by atoms with Crippen molar-refractivity contribution in [1.29, 1.82) is 0 Å². The number of hydrogen-bond acceptors (Lipinski definition) is 5. The Hall–Kier alpha value is -1.66. The molecule has 1 saturated heterocycles. The van der Waals surface area contributed by atoms with Crippen molar-refractivity contribution in [3.63, 3.8) is 0 Å². The monoisotopic (exact) mass is 262 g/mol. The maximum absolute atomic E-state index is 5.57. The van der Waals surface area contributed by atoms with Gasteiger partial charge in [0, 0.05) is 18.2 Å². The Morgan fingerprint density at radius 1 is 1.44 bits per heavy atom. The SMILES string of the molecule is Nc1nc(/C=C/c2cn(C3CCOC3)cn2)cs1. The normalized spacial score (nSPS) is 19.9. The summed E-state index contributed by atoms with van der Waals surface area (Å²) in [6, 6.07) is 0.426. The molecule has 5 nitrogen and oxygen atoms in total. The third kappa shape index (κ3) is 2.44. The molecule has 1 fully saturated rings. The number of nitrogen functional groups attached to an aromatic ring is 1. The lowest BCUT2D eigenvalue weighted by Gasteiger charge is -2.07. The number of nitrogens with zero attached hydrogens (tertiary/aromatic N) is 3. The van der Waals surface area contributed by atoms with Gasteiger partial charge in [0.2, 0.25) is 0 Å². The Balaban J connectivity index is 1.71. The Bertz CT molecular complexity index is 554. The fourth-order valence-corrected chi connectivity index (χ4v) is 2.47. The zero-order chi connectivity index (χ0) is 12.4. The van der Waals surface area contributed by atoms with Crippen molar-refractivity contribution >= 4 is 28.6 Å². The minimum absolute atomic E-state index is 0.426. The van der Waals surface area contributed by atoms with E-state index in [2.05, 4.69) is 14.5 Å². The van der Waals surface area contributed by atoms with Crippen LogP contribution in [-0.2, 0) is 4.74 Å². The molecule has 0 spiro atoms. The minimum Gasteiger partial charge on any atom is -0.379 e. The summed E-state index contributed by atoms with van der Waals surface area (Å²) in [5.41, 5.74) is 7.37. The second kappa shape index (κ2) is 4.91. The third-order valence-corrected chi connectivity index (χ3v) is 3.61. The predicted molar refractivity (Wildman–Crippen MR) is 72.2 cm³/mol. The average Bonchev–Trinajstić information content (AvgIpc) is 3.07. The molecule has 0 amide bonds. The van der Waals surface area contributed by atoms with Gasteiger partial charge < -0.3 is 15.0 Å². The van der Waals surface area contributed by atoms with E-state index in [9.17, 15) is 0 Å². The van der Waals surface area contributed by atoms with Gasteiger partial charge in [-0.05, 0) is 18.6 Å². The smallest absolute Gasteiger partial charge is 0.180 e. The molecule has 94 valence electrons. The van der Waals surface area contributed by atoms with Crippen molar-refractivity contribution in [1.82, 2.24) is 14.5 Å². The van der Waals surface area contributed by atoms with E-state index in [0.29, 0.717) is 11.2 Å². The first kappa shape index (κ1) is 11.4. The van der Waals surface area contributed by atoms with Crippen LogP contribution in [0.1, 0.15) is 23.9 Å². The van der Waals surface area contributed by atoms with Gasteiger partial charge in [-0.3, -0.25) is 0 Å². The summed E-state index contributed by atoms with van der Waals surface area (Å²) < 4.78 is 7.48. The highest BCUT2D eigenvalue weighted by atomic mass is 32.1. The summed E-state index contributed by atoms with van der Waals surface area (Å²) in [5, 5.41) is 2.51. The van der Waals surface area contributed by atoms with Crippen LogP contribution in [0.4, 0.5) is 5.13 Å². The van der Waals surface area contributed by atoms with Crippen LogP contribution in [0.2, 0.25) is 0 Å². The van der Waals surface area contributed by atoms with Gasteiger partial charge in [-0.25, -0.2) is 9.97 Å². The largest absolute Gasteiger partial charge is 0.379 e. The lowest BCUT2D eigenvalue weighted by molar-refractivity contribution is 0.186. The summed E-state index contributed by atoms with van der Waals surface area (Å²) in [6.45, 7) is 1.62. The molecule has 0 bridgehead atoms. The van der Waals surface area contributed by atoms with Crippen LogP contribution in [0, 0.1) is 0 Å². The fourth-order valence-electron chi connectivity index (χ4n) is 1.94. The summed E-state index contributed by atoms with van der Waals surface area (Å²) in [6.07, 6.45) is 8.81. The van der Waals surface area contributed by atoms with Crippen molar-refractivity contribution in [2.24, 2.45) is 0 Å². The second-order valence-electron chi connectivity index (χ2n) is 4.21. The first-order valence-corrected chi connectivity index (χ1v) is 6.69. The number of anilines is 1. The van der Waals surface area contributed by atoms with Gasteiger partial charge in [-0.2, -0.15) is 0 Å². The van der Waals surface area contributed by atoms with Gasteiger partial charge >= 0.3 is 0 Å². The molecule has 1 unspecified atom stereocenters. The molecule has 2 aromatic heterocycles. The number of rotatable bonds is 3. The second-order valence-corrected chi connectivity index (χ2v) is 5.10. The van der Waals surface area contributed by atoms with Gasteiger partial charge in [0.1, 0.15) is 0 Å². The zero-order valence-electron chi connectivity index (χ0n) is 9.82. The number of hydrogen-bond donors (Lipinski definition) is 1. The molecule has 0 aromatic carbocycles. The van der Waals surface area contributed by atoms with E-state index in [1.807, 2.05) is 30.1 Å². The lowest BCUT2D eigenvalue weighted by atomic mass is 10.2. The van der Waals surface area contributed by atoms with Crippen molar-refractivity contribution in [2.45, 2.75) is 12.5 Å². The van der Waals surface area contributed by atoms with E-state index in [-0.39, 0.29) is 0 Å². The van der Waals surface area contributed by atoms with Gasteiger partial charge in [0.05, 0.1) is 30.4 Å². The van der Waals surface area contributed by atoms with E-state index >= 15 is 0 Å². The standard InChI is InChI=1S/C12H14N4OS/c13-12-15-10(7-18-12)2-1-9-5-16(8-14-9)11-3-4-17-6-11/h1-2,5,7-8,11H,3-4,6H2,(H2,13,15)/b2-1+. The number of ether oxygens (including phenoxy) is 1. The quantitative estimate of drug-likeness (QED) is 0.919. The Morgan fingerprint density at radius 2 is 2.33 bits per heavy atom. The molecule has 3 rings (SSSR count). The van der Waals surface area contributed by atoms with E-state index in [1.54, 1.807) is 0 Å². The van der Waals surface area contributed by atoms with Gasteiger partial charge in [0.25, 0.3) is 0 Å². The van der Waals surface area contributed by atoms with Crippen molar-refractivity contribution in [3.8, 4) is 0 Å². The van der Waals surface area contributed by atoms with Crippen LogP contribution in [0.5, 0.6) is 0 Å². The molecule has 2 N–H and O–H groups in total. The highest BCUT2D eigenvalue weighted by Crippen LogP contribution is 2.19. The molecule has 3 heterocycles. The van der Waals surface area contributed by atoms with Crippen molar-refractivity contribution < 1.29 is 4.74 Å². The molecule has 18 heavy (non-hydrogen) atoms. The van der Waals surface area contributed by atoms with Gasteiger partial charge in [-0.15, -0.1) is 11.3 Å². The van der Waals surface area contributed by atoms with Crippen LogP contribution in [0.15, 0.2) is 17.9 Å². The van der Waals surface area contributed by atoms with Crippen LogP contribution in [-0.4, -0.2) is 27.7 Å². The molecule has 6 heteroatoms. The molecule has 1 aliphatic rings. The Kier molecular flexibility index (Phi) is 3.12. The highest BCUT2D eigenvalue weighted by molar-refractivity contribution is 7.13. The number of imidazole rings is 1. The molecule has 0 aliphatic carbocycles. The van der Waals surface area contributed by atoms with Crippen LogP contribution in [0.3, 0.4) is 0 Å². The van der Waals surface area contributed by atoms with Gasteiger partial charge in [0.15, 0.2) is 5.13 Å². The van der Waals surface area contributed by atoms with E-state index in [4.69, 9.17) is 10.5 Å². The molecule has 0 saturated carbocycles. The fraction of sp³-hybridized carbons (Fsp3) is 0.333. The van der Waals surface area contributed by atoms with E-state index in [0.717, 1.165) is 31.0 Å². The average molecular weight is 262 g/mol.